The van der Waals surface area contributed by atoms with E-state index in [0.717, 1.165) is 11.4 Å². The van der Waals surface area contributed by atoms with E-state index in [9.17, 15) is 0 Å². The van der Waals surface area contributed by atoms with Crippen molar-refractivity contribution in [1.82, 2.24) is 0 Å². The van der Waals surface area contributed by atoms with Crippen LogP contribution in [-0.2, 0) is 5.66 Å². The summed E-state index contributed by atoms with van der Waals surface area (Å²) in [7, 11) is 4.35. The lowest BCUT2D eigenvalue weighted by molar-refractivity contribution is 0.493. The molecule has 0 bridgehead atoms. The highest BCUT2D eigenvalue weighted by Crippen LogP contribution is 2.42. The van der Waals surface area contributed by atoms with Crippen molar-refractivity contribution in [3.63, 3.8) is 0 Å². The second-order valence-corrected chi connectivity index (χ2v) is 7.19. The van der Waals surface area contributed by atoms with Gasteiger partial charge >= 0.3 is 0 Å². The maximum atomic E-state index is 2.37. The molecule has 0 N–H and O–H groups in total. The lowest BCUT2D eigenvalue weighted by Crippen LogP contribution is -2.57. The molecule has 4 aromatic rings. The molecule has 0 saturated carbocycles. The molecule has 4 aromatic carbocycles. The number of anilines is 2. The maximum Gasteiger partial charge on any atom is 0.165 e. The van der Waals surface area contributed by atoms with Gasteiger partial charge in [0.05, 0.1) is 0 Å². The van der Waals surface area contributed by atoms with Gasteiger partial charge in [0.15, 0.2) is 5.66 Å². The first-order chi connectivity index (χ1) is 14.2. The molecule has 0 radical (unpaired) electrons. The van der Waals surface area contributed by atoms with Crippen LogP contribution in [0.5, 0.6) is 0 Å². The van der Waals surface area contributed by atoms with Gasteiger partial charge in [-0.15, -0.1) is 0 Å². The third-order valence-corrected chi connectivity index (χ3v) is 5.61. The summed E-state index contributed by atoms with van der Waals surface area (Å²) in [5, 5.41) is 0. The third kappa shape index (κ3) is 3.38. The van der Waals surface area contributed by atoms with Crippen LogP contribution >= 0.6 is 0 Å². The van der Waals surface area contributed by atoms with Crippen molar-refractivity contribution in [1.29, 1.82) is 0 Å². The average molecular weight is 379 g/mol. The number of hydrogen-bond donors (Lipinski definition) is 0. The molecule has 4 rings (SSSR count). The number of benzene rings is 4. The van der Waals surface area contributed by atoms with E-state index in [1.807, 2.05) is 0 Å². The molecule has 2 heteroatoms. The van der Waals surface area contributed by atoms with Gasteiger partial charge in [0.25, 0.3) is 0 Å². The Hall–Kier alpha value is -3.52. The molecule has 2 nitrogen and oxygen atoms in total. The fourth-order valence-electron chi connectivity index (χ4n) is 4.18. The fraction of sp³-hybridized carbons (Fsp3) is 0.111. The summed E-state index contributed by atoms with van der Waals surface area (Å²) in [6.07, 6.45) is 0. The lowest BCUT2D eigenvalue weighted by atomic mass is 9.87. The topological polar surface area (TPSA) is 6.48 Å². The first kappa shape index (κ1) is 18.8. The summed E-state index contributed by atoms with van der Waals surface area (Å²) in [5.74, 6) is 0. The molecule has 0 aliphatic carbocycles. The molecular weight excluding hydrogens is 352 g/mol. The van der Waals surface area contributed by atoms with Gasteiger partial charge in [-0.25, -0.2) is 0 Å². The normalized spacial score (nSPS) is 11.1. The average Bonchev–Trinajstić information content (AvgIpc) is 2.82. The van der Waals surface area contributed by atoms with Gasteiger partial charge in [-0.1, -0.05) is 97.1 Å². The van der Waals surface area contributed by atoms with Gasteiger partial charge in [-0.2, -0.15) is 0 Å². The molecule has 0 spiro atoms. The first-order valence-electron chi connectivity index (χ1n) is 9.93. The van der Waals surface area contributed by atoms with Crippen LogP contribution in [0.3, 0.4) is 0 Å². The van der Waals surface area contributed by atoms with Crippen LogP contribution < -0.4 is 9.80 Å². The smallest absolute Gasteiger partial charge is 0.165 e. The van der Waals surface area contributed by atoms with E-state index in [1.165, 1.54) is 11.1 Å². The summed E-state index contributed by atoms with van der Waals surface area (Å²) >= 11 is 0. The third-order valence-electron chi connectivity index (χ3n) is 5.61. The predicted octanol–water partition coefficient (Wildman–Crippen LogP) is 6.16. The lowest BCUT2D eigenvalue weighted by Gasteiger charge is -2.51. The van der Waals surface area contributed by atoms with Crippen LogP contribution in [-0.4, -0.2) is 14.1 Å². The molecule has 0 unspecified atom stereocenters. The number of nitrogens with zero attached hydrogens (tertiary/aromatic N) is 2. The second-order valence-electron chi connectivity index (χ2n) is 7.19. The molecule has 0 aromatic heterocycles. The van der Waals surface area contributed by atoms with Crippen LogP contribution in [0.4, 0.5) is 11.4 Å². The van der Waals surface area contributed by atoms with E-state index in [0.29, 0.717) is 0 Å². The highest BCUT2D eigenvalue weighted by atomic mass is 15.4. The van der Waals surface area contributed by atoms with Crippen LogP contribution in [0, 0.1) is 0 Å². The van der Waals surface area contributed by atoms with E-state index >= 15 is 0 Å². The fourth-order valence-corrected chi connectivity index (χ4v) is 4.18. The molecule has 0 aliphatic rings. The molecule has 0 heterocycles. The molecule has 0 atom stereocenters. The zero-order valence-electron chi connectivity index (χ0n) is 16.9. The van der Waals surface area contributed by atoms with Gasteiger partial charge in [0.1, 0.15) is 0 Å². The van der Waals surface area contributed by atoms with Crippen molar-refractivity contribution in [2.75, 3.05) is 23.9 Å². The van der Waals surface area contributed by atoms with Gasteiger partial charge in [-0.3, -0.25) is 0 Å². The molecular formula is C27H26N2. The van der Waals surface area contributed by atoms with Crippen LogP contribution in [0.2, 0.25) is 0 Å². The van der Waals surface area contributed by atoms with Gasteiger partial charge in [-0.05, 0) is 24.3 Å². The van der Waals surface area contributed by atoms with Crippen LogP contribution in [0.15, 0.2) is 121 Å². The van der Waals surface area contributed by atoms with Crippen molar-refractivity contribution in [2.24, 2.45) is 0 Å². The SMILES string of the molecule is CN(c1ccccc1)C(c1ccccc1)(c1ccccc1)N(C)c1ccccc1. The van der Waals surface area contributed by atoms with Gasteiger partial charge in [0, 0.05) is 36.6 Å². The molecule has 29 heavy (non-hydrogen) atoms. The molecule has 0 amide bonds. The van der Waals surface area contributed by atoms with Gasteiger partial charge in [0.2, 0.25) is 0 Å². The van der Waals surface area contributed by atoms with Crippen molar-refractivity contribution in [2.45, 2.75) is 5.66 Å². The predicted molar refractivity (Wildman–Crippen MR) is 123 cm³/mol. The quantitative estimate of drug-likeness (QED) is 0.371. The standard InChI is InChI=1S/C27H26N2/c1-28(25-19-11-5-12-20-25)27(23-15-7-3-8-16-23,24-17-9-4-10-18-24)29(2)26-21-13-6-14-22-26/h3-22H,1-2H3. The minimum absolute atomic E-state index is 0.523. The van der Waals surface area contributed by atoms with E-state index in [1.54, 1.807) is 0 Å². The molecule has 0 saturated heterocycles. The van der Waals surface area contributed by atoms with E-state index in [-0.39, 0.29) is 0 Å². The van der Waals surface area contributed by atoms with E-state index < -0.39 is 5.66 Å². The zero-order valence-corrected chi connectivity index (χ0v) is 16.9. The minimum Gasteiger partial charge on any atom is -0.344 e. The molecule has 0 fully saturated rings. The van der Waals surface area contributed by atoms with E-state index in [2.05, 4.69) is 145 Å². The van der Waals surface area contributed by atoms with E-state index in [4.69, 9.17) is 0 Å². The Morgan fingerprint density at radius 2 is 0.690 bits per heavy atom. The summed E-state index contributed by atoms with van der Waals surface area (Å²) in [6.45, 7) is 0. The Kier molecular flexibility index (Phi) is 5.35. The Morgan fingerprint density at radius 3 is 1.00 bits per heavy atom. The highest BCUT2D eigenvalue weighted by molar-refractivity contribution is 5.63. The Labute approximate surface area is 173 Å². The summed E-state index contributed by atoms with van der Waals surface area (Å²) in [5.41, 5.74) is 4.21. The summed E-state index contributed by atoms with van der Waals surface area (Å²) in [4.78, 5) is 4.73. The molecule has 0 aliphatic heterocycles. The zero-order chi connectivity index (χ0) is 20.1. The Balaban J connectivity index is 2.03. The van der Waals surface area contributed by atoms with Crippen molar-refractivity contribution < 1.29 is 0 Å². The first-order valence-corrected chi connectivity index (χ1v) is 9.93. The second kappa shape index (κ2) is 8.24. The van der Waals surface area contributed by atoms with Crippen molar-refractivity contribution in [3.05, 3.63) is 132 Å². The van der Waals surface area contributed by atoms with Crippen LogP contribution in [0.1, 0.15) is 11.1 Å². The molecule has 144 valence electrons. The minimum atomic E-state index is -0.523. The Morgan fingerprint density at radius 1 is 0.414 bits per heavy atom. The maximum absolute atomic E-state index is 2.37. The summed E-state index contributed by atoms with van der Waals surface area (Å²) in [6, 6.07) is 42.6. The van der Waals surface area contributed by atoms with Crippen molar-refractivity contribution >= 4 is 11.4 Å². The largest absolute Gasteiger partial charge is 0.344 e. The van der Waals surface area contributed by atoms with Gasteiger partial charge < -0.3 is 9.80 Å². The van der Waals surface area contributed by atoms with Crippen molar-refractivity contribution in [3.8, 4) is 0 Å². The number of para-hydroxylation sites is 2. The monoisotopic (exact) mass is 378 g/mol. The number of hydrogen-bond acceptors (Lipinski definition) is 2. The number of rotatable bonds is 6. The van der Waals surface area contributed by atoms with Crippen LogP contribution in [0.25, 0.3) is 0 Å². The highest BCUT2D eigenvalue weighted by Gasteiger charge is 2.43. The Bertz CT molecular complexity index is 928. The summed E-state index contributed by atoms with van der Waals surface area (Å²) < 4.78 is 0.